The molecule has 12 aromatic rings. The Morgan fingerprint density at radius 3 is 1.15 bits per heavy atom. The Morgan fingerprint density at radius 1 is 0.288 bits per heavy atom. The second-order valence-corrected chi connectivity index (χ2v) is 20.6. The highest BCUT2D eigenvalue weighted by molar-refractivity contribution is 7.20. The molecule has 0 bridgehead atoms. The zero-order valence-electron chi connectivity index (χ0n) is 35.8. The van der Waals surface area contributed by atoms with Gasteiger partial charge in [0.05, 0.1) is 22.1 Å². The molecule has 0 N–H and O–H groups in total. The van der Waals surface area contributed by atoms with E-state index in [1.807, 2.05) is 36.4 Å². The highest BCUT2D eigenvalue weighted by atomic mass is 28.3. The predicted molar refractivity (Wildman–Crippen MR) is 273 cm³/mol. The van der Waals surface area contributed by atoms with Crippen LogP contribution in [0, 0.1) is 11.6 Å². The molecule has 12 rings (SSSR count). The third kappa shape index (κ3) is 6.37. The van der Waals surface area contributed by atoms with Crippen LogP contribution in [0.3, 0.4) is 0 Å². The molecule has 0 aliphatic heterocycles. The predicted octanol–water partition coefficient (Wildman–Crippen LogP) is 13.0. The monoisotopic (exact) mass is 869 g/mol. The van der Waals surface area contributed by atoms with Crippen LogP contribution < -0.4 is 25.6 Å². The molecule has 0 saturated carbocycles. The lowest BCUT2D eigenvalue weighted by atomic mass is 10.1. The lowest BCUT2D eigenvalue weighted by Gasteiger charge is -2.34. The van der Waals surface area contributed by atoms with Gasteiger partial charge in [-0.15, -0.1) is 0 Å². The van der Waals surface area contributed by atoms with Crippen molar-refractivity contribution in [3.63, 3.8) is 0 Å². The second-order valence-electron chi connectivity index (χ2n) is 16.8. The molecule has 2 aromatic heterocycles. The standard InChI is InChI=1S/C60H41F2N3Si/c61-42-25-29-45(30-26-42)64-57-24-14-13-23-53(57)54-39-47(33-36-58(54)64)63(44-15-5-1-6-16-44)48-34-37-59-55(40-48)56-41-52(35-38-60(56)65(59)46-31-27-43(62)28-32-46)66(49-17-7-2-8-18-49,50-19-9-3-10-20-50)51-21-11-4-12-22-51/h1-41H. The van der Waals surface area contributed by atoms with E-state index in [4.69, 9.17) is 0 Å². The number of rotatable bonds is 9. The molecular formula is C60H41F2N3Si. The summed E-state index contributed by atoms with van der Waals surface area (Å²) in [4.78, 5) is 2.32. The van der Waals surface area contributed by atoms with Gasteiger partial charge in [0.15, 0.2) is 8.07 Å². The van der Waals surface area contributed by atoms with Gasteiger partial charge in [0, 0.05) is 50.0 Å². The maximum atomic E-state index is 14.5. The highest BCUT2D eigenvalue weighted by Crippen LogP contribution is 2.42. The van der Waals surface area contributed by atoms with E-state index in [2.05, 4.69) is 202 Å². The van der Waals surface area contributed by atoms with Crippen molar-refractivity contribution >= 4 is 89.5 Å². The number of anilines is 3. The van der Waals surface area contributed by atoms with Crippen LogP contribution in [0.5, 0.6) is 0 Å². The molecule has 0 amide bonds. The van der Waals surface area contributed by atoms with E-state index in [-0.39, 0.29) is 11.6 Å². The van der Waals surface area contributed by atoms with Crippen LogP contribution in [-0.2, 0) is 0 Å². The first-order valence-corrected chi connectivity index (χ1v) is 24.2. The Morgan fingerprint density at radius 2 is 0.667 bits per heavy atom. The lowest BCUT2D eigenvalue weighted by Crippen LogP contribution is -2.74. The Hall–Kier alpha value is -8.32. The van der Waals surface area contributed by atoms with Crippen LogP contribution in [0.25, 0.3) is 55.0 Å². The van der Waals surface area contributed by atoms with Gasteiger partial charge < -0.3 is 14.0 Å². The average Bonchev–Trinajstić information content (AvgIpc) is 3.88. The number of para-hydroxylation sites is 2. The molecule has 314 valence electrons. The minimum atomic E-state index is -2.89. The summed E-state index contributed by atoms with van der Waals surface area (Å²) in [5.74, 6) is -0.538. The number of fused-ring (bicyclic) bond motifs is 6. The van der Waals surface area contributed by atoms with Crippen molar-refractivity contribution in [2.45, 2.75) is 0 Å². The third-order valence-corrected chi connectivity index (χ3v) is 17.9. The van der Waals surface area contributed by atoms with Gasteiger partial charge in [-0.1, -0.05) is 140 Å². The third-order valence-electron chi connectivity index (χ3n) is 13.2. The van der Waals surface area contributed by atoms with Gasteiger partial charge in [-0.05, 0) is 130 Å². The number of benzene rings is 10. The van der Waals surface area contributed by atoms with Crippen LogP contribution in [0.1, 0.15) is 0 Å². The van der Waals surface area contributed by atoms with E-state index in [0.29, 0.717) is 0 Å². The number of nitrogens with zero attached hydrogens (tertiary/aromatic N) is 3. The van der Waals surface area contributed by atoms with E-state index < -0.39 is 8.07 Å². The van der Waals surface area contributed by atoms with Gasteiger partial charge in [0.25, 0.3) is 0 Å². The van der Waals surface area contributed by atoms with Gasteiger partial charge in [-0.25, -0.2) is 8.78 Å². The van der Waals surface area contributed by atoms with Crippen molar-refractivity contribution < 1.29 is 8.78 Å². The molecule has 0 aliphatic carbocycles. The average molecular weight is 870 g/mol. The minimum Gasteiger partial charge on any atom is -0.310 e. The van der Waals surface area contributed by atoms with Crippen molar-refractivity contribution in [1.82, 2.24) is 9.13 Å². The van der Waals surface area contributed by atoms with Gasteiger partial charge in [-0.3, -0.25) is 0 Å². The summed E-state index contributed by atoms with van der Waals surface area (Å²) < 4.78 is 33.2. The van der Waals surface area contributed by atoms with Gasteiger partial charge >= 0.3 is 0 Å². The summed E-state index contributed by atoms with van der Waals surface area (Å²) in [5, 5.41) is 9.57. The van der Waals surface area contributed by atoms with Crippen molar-refractivity contribution in [3.8, 4) is 11.4 Å². The Labute approximate surface area is 382 Å². The number of halogens is 2. The lowest BCUT2D eigenvalue weighted by molar-refractivity contribution is 0.627. The largest absolute Gasteiger partial charge is 0.310 e. The first-order valence-electron chi connectivity index (χ1n) is 22.2. The maximum absolute atomic E-state index is 14.5. The van der Waals surface area contributed by atoms with Crippen molar-refractivity contribution in [3.05, 3.63) is 260 Å². The molecule has 0 fully saturated rings. The Bertz CT molecular complexity index is 3600. The van der Waals surface area contributed by atoms with E-state index in [0.717, 1.165) is 72.0 Å². The molecule has 3 nitrogen and oxygen atoms in total. The first kappa shape index (κ1) is 39.3. The summed E-state index contributed by atoms with van der Waals surface area (Å²) in [7, 11) is -2.89. The smallest absolute Gasteiger partial charge is 0.179 e. The summed E-state index contributed by atoms with van der Waals surface area (Å²) in [6, 6.07) is 85.8. The van der Waals surface area contributed by atoms with Gasteiger partial charge in [0.1, 0.15) is 11.6 Å². The fourth-order valence-corrected chi connectivity index (χ4v) is 15.1. The SMILES string of the molecule is Fc1ccc(-n2c3ccccc3c3cc(N(c4ccccc4)c4ccc5c(c4)c4cc([Si](c6ccccc6)(c6ccccc6)c6ccccc6)ccc4n5-c4ccc(F)cc4)ccc32)cc1. The van der Waals surface area contributed by atoms with Crippen LogP contribution in [0.4, 0.5) is 25.8 Å². The summed E-state index contributed by atoms with van der Waals surface area (Å²) in [6.45, 7) is 0. The normalized spacial score (nSPS) is 11.8. The van der Waals surface area contributed by atoms with Crippen LogP contribution in [0.15, 0.2) is 249 Å². The van der Waals surface area contributed by atoms with E-state index in [1.165, 1.54) is 45.0 Å². The summed E-state index contributed by atoms with van der Waals surface area (Å²) >= 11 is 0. The van der Waals surface area contributed by atoms with Crippen LogP contribution >= 0.6 is 0 Å². The molecule has 6 heteroatoms. The van der Waals surface area contributed by atoms with Crippen LogP contribution in [0.2, 0.25) is 0 Å². The number of hydrogen-bond acceptors (Lipinski definition) is 1. The molecule has 0 radical (unpaired) electrons. The molecule has 0 atom stereocenters. The van der Waals surface area contributed by atoms with Crippen molar-refractivity contribution in [1.29, 1.82) is 0 Å². The Kier molecular flexibility index (Phi) is 9.54. The molecule has 0 saturated heterocycles. The maximum Gasteiger partial charge on any atom is 0.179 e. The Balaban J connectivity index is 1.12. The van der Waals surface area contributed by atoms with Gasteiger partial charge in [-0.2, -0.15) is 0 Å². The highest BCUT2D eigenvalue weighted by Gasteiger charge is 2.41. The zero-order valence-corrected chi connectivity index (χ0v) is 36.8. The van der Waals surface area contributed by atoms with Crippen molar-refractivity contribution in [2.75, 3.05) is 4.90 Å². The summed E-state index contributed by atoms with van der Waals surface area (Å²) in [5.41, 5.74) is 8.95. The fourth-order valence-electron chi connectivity index (χ4n) is 10.3. The minimum absolute atomic E-state index is 0.265. The van der Waals surface area contributed by atoms with E-state index >= 15 is 0 Å². The second kappa shape index (κ2) is 16.0. The number of aromatic nitrogens is 2. The quantitative estimate of drug-likeness (QED) is 0.104. The number of hydrogen-bond donors (Lipinski definition) is 0. The zero-order chi connectivity index (χ0) is 44.2. The summed E-state index contributed by atoms with van der Waals surface area (Å²) in [6.07, 6.45) is 0. The molecule has 0 aliphatic rings. The molecule has 0 spiro atoms. The molecule has 0 unspecified atom stereocenters. The van der Waals surface area contributed by atoms with Crippen LogP contribution in [-0.4, -0.2) is 17.2 Å². The molecule has 10 aromatic carbocycles. The fraction of sp³-hybridized carbons (Fsp3) is 0. The van der Waals surface area contributed by atoms with E-state index in [9.17, 15) is 8.78 Å². The van der Waals surface area contributed by atoms with Gasteiger partial charge in [0.2, 0.25) is 0 Å². The van der Waals surface area contributed by atoms with E-state index in [1.54, 1.807) is 0 Å². The molecule has 66 heavy (non-hydrogen) atoms. The topological polar surface area (TPSA) is 13.1 Å². The first-order chi connectivity index (χ1) is 32.6. The molecule has 2 heterocycles. The molecular weight excluding hydrogens is 829 g/mol. The van der Waals surface area contributed by atoms with Crippen molar-refractivity contribution in [2.24, 2.45) is 0 Å².